The third kappa shape index (κ3) is 4.79. The average Bonchev–Trinajstić information content (AvgIpc) is 2.37. The SMILES string of the molecule is CC(C)C(C)(C)CNC(=O)CC1(CN)CCCCC1. The van der Waals surface area contributed by atoms with Crippen molar-refractivity contribution in [2.24, 2.45) is 22.5 Å². The van der Waals surface area contributed by atoms with Gasteiger partial charge in [-0.1, -0.05) is 47.0 Å². The molecule has 0 unspecified atom stereocenters. The standard InChI is InChI=1S/C16H32N2O/c1-13(2)15(3,4)12-18-14(19)10-16(11-17)8-6-5-7-9-16/h13H,5-12,17H2,1-4H3,(H,18,19). The predicted octanol–water partition coefficient (Wildman–Crippen LogP) is 3.08. The van der Waals surface area contributed by atoms with Crippen molar-refractivity contribution in [3.05, 3.63) is 0 Å². The Labute approximate surface area is 118 Å². The maximum absolute atomic E-state index is 12.2. The van der Waals surface area contributed by atoms with Gasteiger partial charge in [-0.3, -0.25) is 4.79 Å². The van der Waals surface area contributed by atoms with Crippen LogP contribution in [0.4, 0.5) is 0 Å². The lowest BCUT2D eigenvalue weighted by molar-refractivity contribution is -0.124. The van der Waals surface area contributed by atoms with Crippen LogP contribution in [0.5, 0.6) is 0 Å². The fourth-order valence-corrected chi connectivity index (χ4v) is 2.69. The summed E-state index contributed by atoms with van der Waals surface area (Å²) in [6.45, 7) is 10.2. The lowest BCUT2D eigenvalue weighted by Gasteiger charge is -2.36. The Morgan fingerprint density at radius 1 is 1.26 bits per heavy atom. The van der Waals surface area contributed by atoms with Gasteiger partial charge in [0.15, 0.2) is 0 Å². The third-order valence-corrected chi connectivity index (χ3v) is 5.19. The van der Waals surface area contributed by atoms with E-state index in [9.17, 15) is 4.79 Å². The van der Waals surface area contributed by atoms with Crippen molar-refractivity contribution in [2.75, 3.05) is 13.1 Å². The number of hydrogen-bond acceptors (Lipinski definition) is 2. The van der Waals surface area contributed by atoms with Gasteiger partial charge >= 0.3 is 0 Å². The minimum absolute atomic E-state index is 0.0737. The van der Waals surface area contributed by atoms with E-state index in [0.717, 1.165) is 19.4 Å². The number of nitrogens with two attached hydrogens (primary N) is 1. The molecule has 1 amide bonds. The zero-order valence-electron chi connectivity index (χ0n) is 13.2. The van der Waals surface area contributed by atoms with Crippen LogP contribution in [0, 0.1) is 16.7 Å². The molecule has 1 aliphatic rings. The highest BCUT2D eigenvalue weighted by molar-refractivity contribution is 5.76. The van der Waals surface area contributed by atoms with Crippen LogP contribution in [0.3, 0.4) is 0 Å². The average molecular weight is 268 g/mol. The van der Waals surface area contributed by atoms with Gasteiger partial charge < -0.3 is 11.1 Å². The van der Waals surface area contributed by atoms with Gasteiger partial charge in [-0.15, -0.1) is 0 Å². The van der Waals surface area contributed by atoms with E-state index in [1.54, 1.807) is 0 Å². The molecule has 0 aromatic rings. The molecule has 0 radical (unpaired) electrons. The Kier molecular flexibility index (Phi) is 5.84. The van der Waals surface area contributed by atoms with Crippen LogP contribution in [0.1, 0.15) is 66.2 Å². The van der Waals surface area contributed by atoms with Crippen molar-refractivity contribution in [2.45, 2.75) is 66.2 Å². The second-order valence-corrected chi connectivity index (χ2v) is 7.36. The largest absolute Gasteiger partial charge is 0.356 e. The third-order valence-electron chi connectivity index (χ3n) is 5.19. The fourth-order valence-electron chi connectivity index (χ4n) is 2.69. The van der Waals surface area contributed by atoms with E-state index in [1.165, 1.54) is 19.3 Å². The number of hydrogen-bond donors (Lipinski definition) is 2. The molecule has 3 heteroatoms. The second-order valence-electron chi connectivity index (χ2n) is 7.36. The Bertz CT molecular complexity index is 291. The van der Waals surface area contributed by atoms with Crippen LogP contribution < -0.4 is 11.1 Å². The Morgan fingerprint density at radius 2 is 1.84 bits per heavy atom. The molecule has 19 heavy (non-hydrogen) atoms. The van der Waals surface area contributed by atoms with Crippen molar-refractivity contribution in [3.8, 4) is 0 Å². The molecule has 0 saturated heterocycles. The van der Waals surface area contributed by atoms with E-state index < -0.39 is 0 Å². The molecule has 3 nitrogen and oxygen atoms in total. The quantitative estimate of drug-likeness (QED) is 0.778. The molecule has 3 N–H and O–H groups in total. The molecule has 1 fully saturated rings. The van der Waals surface area contributed by atoms with Crippen molar-refractivity contribution in [1.82, 2.24) is 5.32 Å². The topological polar surface area (TPSA) is 55.1 Å². The van der Waals surface area contributed by atoms with E-state index in [-0.39, 0.29) is 16.7 Å². The van der Waals surface area contributed by atoms with Crippen molar-refractivity contribution >= 4 is 5.91 Å². The fraction of sp³-hybridized carbons (Fsp3) is 0.938. The molecule has 1 rings (SSSR count). The normalized spacial score (nSPS) is 19.5. The summed E-state index contributed by atoms with van der Waals surface area (Å²) in [5.41, 5.74) is 6.16. The van der Waals surface area contributed by atoms with Gasteiger partial charge in [0, 0.05) is 13.0 Å². The molecule has 0 spiro atoms. The molecule has 0 aromatic carbocycles. The molecule has 0 heterocycles. The molecule has 0 aliphatic heterocycles. The Morgan fingerprint density at radius 3 is 2.32 bits per heavy atom. The van der Waals surface area contributed by atoms with Gasteiger partial charge in [0.2, 0.25) is 5.91 Å². The summed E-state index contributed by atoms with van der Waals surface area (Å²) in [7, 11) is 0. The zero-order chi connectivity index (χ0) is 14.5. The molecular formula is C16H32N2O. The smallest absolute Gasteiger partial charge is 0.220 e. The van der Waals surface area contributed by atoms with Crippen molar-refractivity contribution in [3.63, 3.8) is 0 Å². The Balaban J connectivity index is 2.46. The summed E-state index contributed by atoms with van der Waals surface area (Å²) < 4.78 is 0. The summed E-state index contributed by atoms with van der Waals surface area (Å²) in [5, 5.41) is 3.12. The Hall–Kier alpha value is -0.570. The first-order valence-corrected chi connectivity index (χ1v) is 7.78. The van der Waals surface area contributed by atoms with Crippen LogP contribution in [0.2, 0.25) is 0 Å². The highest BCUT2D eigenvalue weighted by Gasteiger charge is 2.33. The van der Waals surface area contributed by atoms with Crippen LogP contribution in [0.25, 0.3) is 0 Å². The zero-order valence-corrected chi connectivity index (χ0v) is 13.2. The van der Waals surface area contributed by atoms with Crippen LogP contribution in [-0.4, -0.2) is 19.0 Å². The summed E-state index contributed by atoms with van der Waals surface area (Å²) in [5.74, 6) is 0.743. The molecule has 0 bridgehead atoms. The highest BCUT2D eigenvalue weighted by atomic mass is 16.1. The van der Waals surface area contributed by atoms with E-state index in [0.29, 0.717) is 18.9 Å². The molecule has 0 aromatic heterocycles. The highest BCUT2D eigenvalue weighted by Crippen LogP contribution is 2.38. The van der Waals surface area contributed by atoms with Gasteiger partial charge in [-0.05, 0) is 36.1 Å². The number of amides is 1. The lowest BCUT2D eigenvalue weighted by Crippen LogP contribution is -2.42. The summed E-state index contributed by atoms with van der Waals surface area (Å²) >= 11 is 0. The molecule has 112 valence electrons. The van der Waals surface area contributed by atoms with Crippen molar-refractivity contribution in [1.29, 1.82) is 0 Å². The number of nitrogens with one attached hydrogen (secondary N) is 1. The number of carbonyl (C=O) groups is 1. The van der Waals surface area contributed by atoms with Crippen LogP contribution >= 0.6 is 0 Å². The van der Waals surface area contributed by atoms with Gasteiger partial charge in [0.05, 0.1) is 0 Å². The number of rotatable bonds is 6. The molecule has 0 atom stereocenters. The summed E-state index contributed by atoms with van der Waals surface area (Å²) in [6.07, 6.45) is 6.58. The maximum Gasteiger partial charge on any atom is 0.220 e. The predicted molar refractivity (Wildman–Crippen MR) is 80.8 cm³/mol. The summed E-state index contributed by atoms with van der Waals surface area (Å²) in [4.78, 5) is 12.2. The summed E-state index contributed by atoms with van der Waals surface area (Å²) in [6, 6.07) is 0. The van der Waals surface area contributed by atoms with E-state index >= 15 is 0 Å². The maximum atomic E-state index is 12.2. The molecular weight excluding hydrogens is 236 g/mol. The first-order chi connectivity index (χ1) is 8.81. The van der Waals surface area contributed by atoms with E-state index in [1.807, 2.05) is 0 Å². The monoisotopic (exact) mass is 268 g/mol. The second kappa shape index (κ2) is 6.74. The molecule has 1 saturated carbocycles. The first-order valence-electron chi connectivity index (χ1n) is 7.78. The van der Waals surface area contributed by atoms with Gasteiger partial charge in [0.1, 0.15) is 0 Å². The van der Waals surface area contributed by atoms with Crippen LogP contribution in [-0.2, 0) is 4.79 Å². The molecule has 1 aliphatic carbocycles. The van der Waals surface area contributed by atoms with Crippen LogP contribution in [0.15, 0.2) is 0 Å². The van der Waals surface area contributed by atoms with Gasteiger partial charge in [-0.25, -0.2) is 0 Å². The lowest BCUT2D eigenvalue weighted by atomic mass is 9.71. The number of carbonyl (C=O) groups excluding carboxylic acids is 1. The van der Waals surface area contributed by atoms with Gasteiger partial charge in [-0.2, -0.15) is 0 Å². The minimum atomic E-state index is 0.0737. The van der Waals surface area contributed by atoms with E-state index in [4.69, 9.17) is 5.73 Å². The minimum Gasteiger partial charge on any atom is -0.356 e. The first kappa shape index (κ1) is 16.5. The van der Waals surface area contributed by atoms with Crippen molar-refractivity contribution < 1.29 is 4.79 Å². The van der Waals surface area contributed by atoms with E-state index in [2.05, 4.69) is 33.0 Å². The van der Waals surface area contributed by atoms with Gasteiger partial charge in [0.25, 0.3) is 0 Å².